The van der Waals surface area contributed by atoms with Crippen LogP contribution in [0.25, 0.3) is 0 Å². The molecule has 0 aliphatic heterocycles. The molecule has 68 valence electrons. The topological polar surface area (TPSA) is 29.5 Å². The molecule has 0 aliphatic carbocycles. The molecule has 1 atom stereocenters. The molecule has 3 heteroatoms. The number of rotatable bonds is 7. The number of ether oxygens (including phenoxy) is 1. The molecule has 0 aromatic carbocycles. The van der Waals surface area contributed by atoms with E-state index in [0.29, 0.717) is 6.61 Å². The normalized spacial score (nSPS) is 13.4. The second-order valence-corrected chi connectivity index (χ2v) is 3.50. The second kappa shape index (κ2) is 8.37. The minimum atomic E-state index is -0.269. The van der Waals surface area contributed by atoms with Crippen LogP contribution in [-0.4, -0.2) is 36.4 Å². The van der Waals surface area contributed by atoms with Gasteiger partial charge in [-0.25, -0.2) is 0 Å². The van der Waals surface area contributed by atoms with Gasteiger partial charge in [0.25, 0.3) is 0 Å². The van der Waals surface area contributed by atoms with Crippen molar-refractivity contribution in [2.24, 2.45) is 0 Å². The standard InChI is InChI=1S/C8H18O2S/c1-3-5-10-7-8(9)4-6-11-2/h8-9H,3-7H2,1-2H3. The van der Waals surface area contributed by atoms with E-state index in [1.165, 1.54) is 0 Å². The summed E-state index contributed by atoms with van der Waals surface area (Å²) in [6, 6.07) is 0. The molecule has 0 spiro atoms. The van der Waals surface area contributed by atoms with Crippen molar-refractivity contribution in [1.29, 1.82) is 0 Å². The Balaban J connectivity index is 3.02. The Morgan fingerprint density at radius 2 is 2.27 bits per heavy atom. The molecule has 0 amide bonds. The number of hydrogen-bond donors (Lipinski definition) is 1. The van der Waals surface area contributed by atoms with Crippen molar-refractivity contribution in [2.75, 3.05) is 25.2 Å². The van der Waals surface area contributed by atoms with Crippen molar-refractivity contribution in [3.63, 3.8) is 0 Å². The van der Waals surface area contributed by atoms with E-state index in [-0.39, 0.29) is 6.10 Å². The summed E-state index contributed by atoms with van der Waals surface area (Å²) in [6.45, 7) is 3.32. The number of aliphatic hydroxyl groups is 1. The molecule has 0 saturated heterocycles. The van der Waals surface area contributed by atoms with Crippen LogP contribution in [0.15, 0.2) is 0 Å². The zero-order valence-corrected chi connectivity index (χ0v) is 8.19. The summed E-state index contributed by atoms with van der Waals surface area (Å²) in [4.78, 5) is 0. The van der Waals surface area contributed by atoms with Gasteiger partial charge in [0.15, 0.2) is 0 Å². The third-order valence-corrected chi connectivity index (χ3v) is 1.96. The molecule has 0 bridgehead atoms. The van der Waals surface area contributed by atoms with Crippen LogP contribution < -0.4 is 0 Å². The lowest BCUT2D eigenvalue weighted by Gasteiger charge is -2.09. The maximum absolute atomic E-state index is 9.27. The maximum atomic E-state index is 9.27. The zero-order valence-electron chi connectivity index (χ0n) is 7.38. The van der Waals surface area contributed by atoms with Gasteiger partial charge in [-0.05, 0) is 24.9 Å². The first kappa shape index (κ1) is 11.3. The molecule has 0 aliphatic rings. The highest BCUT2D eigenvalue weighted by Gasteiger charge is 2.01. The van der Waals surface area contributed by atoms with E-state index >= 15 is 0 Å². The zero-order chi connectivity index (χ0) is 8.53. The molecular formula is C8H18O2S. The molecular weight excluding hydrogens is 160 g/mol. The van der Waals surface area contributed by atoms with Crippen molar-refractivity contribution in [3.05, 3.63) is 0 Å². The maximum Gasteiger partial charge on any atom is 0.0781 e. The van der Waals surface area contributed by atoms with Gasteiger partial charge in [-0.3, -0.25) is 0 Å². The molecule has 0 saturated carbocycles. The van der Waals surface area contributed by atoms with Crippen molar-refractivity contribution in [3.8, 4) is 0 Å². The molecule has 2 nitrogen and oxygen atoms in total. The van der Waals surface area contributed by atoms with Crippen LogP contribution in [0.5, 0.6) is 0 Å². The Bertz CT molecular complexity index is 78.5. The lowest BCUT2D eigenvalue weighted by atomic mass is 10.3. The van der Waals surface area contributed by atoms with E-state index in [4.69, 9.17) is 4.74 Å². The summed E-state index contributed by atoms with van der Waals surface area (Å²) in [6.07, 6.45) is 3.63. The average Bonchev–Trinajstić information content (AvgIpc) is 2.01. The van der Waals surface area contributed by atoms with E-state index in [9.17, 15) is 5.11 Å². The fourth-order valence-corrected chi connectivity index (χ4v) is 1.21. The molecule has 0 heterocycles. The minimum Gasteiger partial charge on any atom is -0.391 e. The summed E-state index contributed by atoms with van der Waals surface area (Å²) in [5.74, 6) is 1.01. The van der Waals surface area contributed by atoms with Crippen LogP contribution in [0, 0.1) is 0 Å². The first-order valence-electron chi connectivity index (χ1n) is 4.06. The Hall–Kier alpha value is 0.270. The number of aliphatic hydroxyl groups excluding tert-OH is 1. The van der Waals surface area contributed by atoms with Crippen LogP contribution in [0.3, 0.4) is 0 Å². The lowest BCUT2D eigenvalue weighted by Crippen LogP contribution is -2.16. The van der Waals surface area contributed by atoms with Gasteiger partial charge in [-0.15, -0.1) is 0 Å². The first-order chi connectivity index (χ1) is 5.31. The summed E-state index contributed by atoms with van der Waals surface area (Å²) in [5, 5.41) is 9.27. The highest BCUT2D eigenvalue weighted by molar-refractivity contribution is 7.98. The Labute approximate surface area is 73.3 Å². The van der Waals surface area contributed by atoms with Gasteiger partial charge in [-0.2, -0.15) is 11.8 Å². The van der Waals surface area contributed by atoms with Crippen molar-refractivity contribution >= 4 is 11.8 Å². The van der Waals surface area contributed by atoms with Crippen LogP contribution >= 0.6 is 11.8 Å². The summed E-state index contributed by atoms with van der Waals surface area (Å²) in [7, 11) is 0. The van der Waals surface area contributed by atoms with E-state index in [2.05, 4.69) is 6.92 Å². The molecule has 1 N–H and O–H groups in total. The highest BCUT2D eigenvalue weighted by atomic mass is 32.2. The number of hydrogen-bond acceptors (Lipinski definition) is 3. The summed E-state index contributed by atoms with van der Waals surface area (Å²) in [5.41, 5.74) is 0. The van der Waals surface area contributed by atoms with Gasteiger partial charge in [0.1, 0.15) is 0 Å². The Morgan fingerprint density at radius 1 is 1.55 bits per heavy atom. The van der Waals surface area contributed by atoms with Crippen LogP contribution in [0.4, 0.5) is 0 Å². The van der Waals surface area contributed by atoms with Gasteiger partial charge >= 0.3 is 0 Å². The summed E-state index contributed by atoms with van der Waals surface area (Å²) < 4.78 is 5.18. The van der Waals surface area contributed by atoms with E-state index in [0.717, 1.165) is 25.2 Å². The quantitative estimate of drug-likeness (QED) is 0.599. The molecule has 0 radical (unpaired) electrons. The highest BCUT2D eigenvalue weighted by Crippen LogP contribution is 2.00. The molecule has 11 heavy (non-hydrogen) atoms. The fourth-order valence-electron chi connectivity index (χ4n) is 0.701. The van der Waals surface area contributed by atoms with Gasteiger partial charge < -0.3 is 9.84 Å². The van der Waals surface area contributed by atoms with Gasteiger partial charge in [0.05, 0.1) is 12.7 Å². The number of thioether (sulfide) groups is 1. The van der Waals surface area contributed by atoms with Crippen molar-refractivity contribution in [1.82, 2.24) is 0 Å². The van der Waals surface area contributed by atoms with Crippen molar-refractivity contribution in [2.45, 2.75) is 25.9 Å². The molecule has 0 aromatic heterocycles. The second-order valence-electron chi connectivity index (χ2n) is 2.51. The molecule has 1 unspecified atom stereocenters. The smallest absolute Gasteiger partial charge is 0.0781 e. The van der Waals surface area contributed by atoms with E-state index in [1.807, 2.05) is 6.26 Å². The third-order valence-electron chi connectivity index (χ3n) is 1.31. The SMILES string of the molecule is CCCOCC(O)CCSC. The fraction of sp³-hybridized carbons (Fsp3) is 1.00. The lowest BCUT2D eigenvalue weighted by molar-refractivity contribution is 0.0360. The van der Waals surface area contributed by atoms with E-state index in [1.54, 1.807) is 11.8 Å². The average molecular weight is 178 g/mol. The Kier molecular flexibility index (Phi) is 8.57. The van der Waals surface area contributed by atoms with Gasteiger partial charge in [-0.1, -0.05) is 6.92 Å². The Morgan fingerprint density at radius 3 is 2.82 bits per heavy atom. The van der Waals surface area contributed by atoms with Crippen LogP contribution in [-0.2, 0) is 4.74 Å². The monoisotopic (exact) mass is 178 g/mol. The first-order valence-corrected chi connectivity index (χ1v) is 5.45. The largest absolute Gasteiger partial charge is 0.391 e. The molecule has 0 rings (SSSR count). The molecule has 0 fully saturated rings. The van der Waals surface area contributed by atoms with Gasteiger partial charge in [0, 0.05) is 6.61 Å². The van der Waals surface area contributed by atoms with Crippen LogP contribution in [0.2, 0.25) is 0 Å². The van der Waals surface area contributed by atoms with Crippen LogP contribution in [0.1, 0.15) is 19.8 Å². The van der Waals surface area contributed by atoms with Crippen molar-refractivity contribution < 1.29 is 9.84 Å². The summed E-state index contributed by atoms with van der Waals surface area (Å²) >= 11 is 1.75. The van der Waals surface area contributed by atoms with Gasteiger partial charge in [0.2, 0.25) is 0 Å². The minimum absolute atomic E-state index is 0.269. The molecule has 0 aromatic rings. The predicted molar refractivity (Wildman–Crippen MR) is 50.1 cm³/mol. The van der Waals surface area contributed by atoms with E-state index < -0.39 is 0 Å². The predicted octanol–water partition coefficient (Wildman–Crippen LogP) is 1.53. The third kappa shape index (κ3) is 8.17.